The van der Waals surface area contributed by atoms with Crippen molar-refractivity contribution in [3.63, 3.8) is 0 Å². The predicted octanol–water partition coefficient (Wildman–Crippen LogP) is 3.00. The van der Waals surface area contributed by atoms with Crippen molar-refractivity contribution >= 4 is 51.3 Å². The zero-order valence-electron chi connectivity index (χ0n) is 14.8. The minimum atomic E-state index is -0.520. The number of thiazole rings is 1. The van der Waals surface area contributed by atoms with E-state index in [2.05, 4.69) is 20.3 Å². The van der Waals surface area contributed by atoms with Crippen molar-refractivity contribution < 1.29 is 4.79 Å². The average Bonchev–Trinajstić information content (AvgIpc) is 3.33. The first kappa shape index (κ1) is 18.2. The molecule has 0 aliphatic carbocycles. The van der Waals surface area contributed by atoms with Gasteiger partial charge in [0.15, 0.2) is 0 Å². The number of hydrogen-bond donors (Lipinski definition) is 2. The SMILES string of the molecule is Cc1cccc(Cl)c1N1C=C(n2ccnc2)NC(=Nc2ncc(C(N)=O)s2)C1. The maximum absolute atomic E-state index is 11.3. The molecular formula is C18H16ClN7OS. The minimum absolute atomic E-state index is 0.360. The first-order valence-corrected chi connectivity index (χ1v) is 9.53. The molecule has 1 aromatic carbocycles. The van der Waals surface area contributed by atoms with E-state index >= 15 is 0 Å². The number of aliphatic imine (C=N–C) groups is 1. The van der Waals surface area contributed by atoms with Crippen LogP contribution in [0.5, 0.6) is 0 Å². The van der Waals surface area contributed by atoms with E-state index < -0.39 is 5.91 Å². The molecule has 4 rings (SSSR count). The number of para-hydroxylation sites is 1. The highest BCUT2D eigenvalue weighted by Crippen LogP contribution is 2.31. The minimum Gasteiger partial charge on any atom is -0.365 e. The summed E-state index contributed by atoms with van der Waals surface area (Å²) in [5.74, 6) is 0.886. The third-order valence-corrected chi connectivity index (χ3v) is 5.31. The lowest BCUT2D eigenvalue weighted by molar-refractivity contribution is 0.100. The van der Waals surface area contributed by atoms with Crippen LogP contribution in [0.4, 0.5) is 10.8 Å². The Kier molecular flexibility index (Phi) is 4.84. The Hall–Kier alpha value is -3.17. The molecule has 3 heterocycles. The van der Waals surface area contributed by atoms with Crippen molar-refractivity contribution in [3.8, 4) is 0 Å². The number of primary amides is 1. The number of nitrogens with one attached hydrogen (secondary N) is 1. The second-order valence-electron chi connectivity index (χ2n) is 6.07. The molecule has 0 atom stereocenters. The molecule has 0 spiro atoms. The van der Waals surface area contributed by atoms with Crippen LogP contribution in [0, 0.1) is 6.92 Å². The van der Waals surface area contributed by atoms with E-state index in [1.54, 1.807) is 12.5 Å². The first-order valence-electron chi connectivity index (χ1n) is 8.33. The number of aromatic nitrogens is 3. The molecule has 1 aliphatic rings. The molecule has 0 unspecified atom stereocenters. The highest BCUT2D eigenvalue weighted by atomic mass is 35.5. The second kappa shape index (κ2) is 7.45. The van der Waals surface area contributed by atoms with E-state index in [0.717, 1.165) is 28.4 Å². The number of rotatable bonds is 4. The van der Waals surface area contributed by atoms with Crippen LogP contribution in [0.15, 0.2) is 54.3 Å². The molecule has 1 aliphatic heterocycles. The molecule has 3 aromatic rings. The first-order chi connectivity index (χ1) is 13.5. The smallest absolute Gasteiger partial charge is 0.260 e. The quantitative estimate of drug-likeness (QED) is 0.684. The number of nitrogens with zero attached hydrogens (tertiary/aromatic N) is 5. The highest BCUT2D eigenvalue weighted by Gasteiger charge is 2.21. The number of anilines is 1. The summed E-state index contributed by atoms with van der Waals surface area (Å²) in [5.41, 5.74) is 7.24. The molecule has 2 aromatic heterocycles. The van der Waals surface area contributed by atoms with E-state index in [-0.39, 0.29) is 0 Å². The molecule has 142 valence electrons. The standard InChI is InChI=1S/C18H16ClN7OS/c1-11-3-2-4-12(19)16(11)26-8-14(23-15(9-26)25-6-5-21-10-25)24-18-22-7-13(28-18)17(20)27/h2-7,9-10H,8H2,1H3,(H2,20,27)(H,22,23,24). The molecule has 28 heavy (non-hydrogen) atoms. The van der Waals surface area contributed by atoms with E-state index in [0.29, 0.717) is 27.4 Å². The number of imidazole rings is 1. The predicted molar refractivity (Wildman–Crippen MR) is 111 cm³/mol. The summed E-state index contributed by atoms with van der Waals surface area (Å²) >= 11 is 7.61. The average molecular weight is 414 g/mol. The number of carbonyl (C=O) groups is 1. The fourth-order valence-electron chi connectivity index (χ4n) is 2.85. The number of hydrogen-bond acceptors (Lipinski definition) is 6. The molecule has 0 fully saturated rings. The van der Waals surface area contributed by atoms with Crippen LogP contribution in [0.1, 0.15) is 15.2 Å². The molecule has 0 bridgehead atoms. The van der Waals surface area contributed by atoms with Crippen LogP contribution in [0.25, 0.3) is 5.82 Å². The van der Waals surface area contributed by atoms with Gasteiger partial charge in [-0.2, -0.15) is 0 Å². The Bertz CT molecular complexity index is 1070. The van der Waals surface area contributed by atoms with Crippen LogP contribution in [-0.4, -0.2) is 32.8 Å². The summed E-state index contributed by atoms with van der Waals surface area (Å²) in [5, 5.41) is 4.37. The Morgan fingerprint density at radius 1 is 1.43 bits per heavy atom. The number of carbonyl (C=O) groups excluding carboxylic acids is 1. The zero-order chi connectivity index (χ0) is 19.7. The molecule has 8 nitrogen and oxygen atoms in total. The number of nitrogens with two attached hydrogens (primary N) is 1. The number of amides is 1. The number of aryl methyl sites for hydroxylation is 1. The summed E-state index contributed by atoms with van der Waals surface area (Å²) in [4.78, 5) is 26.5. The van der Waals surface area contributed by atoms with E-state index in [4.69, 9.17) is 17.3 Å². The third-order valence-electron chi connectivity index (χ3n) is 4.10. The molecule has 0 saturated heterocycles. The topological polar surface area (TPSA) is 101 Å². The fourth-order valence-corrected chi connectivity index (χ4v) is 3.84. The van der Waals surface area contributed by atoms with Gasteiger partial charge in [-0.25, -0.2) is 15.0 Å². The van der Waals surface area contributed by atoms with Crippen molar-refractivity contribution in [2.24, 2.45) is 10.7 Å². The van der Waals surface area contributed by atoms with Crippen molar-refractivity contribution in [3.05, 3.63) is 64.8 Å². The van der Waals surface area contributed by atoms with Crippen LogP contribution in [0.2, 0.25) is 5.02 Å². The summed E-state index contributed by atoms with van der Waals surface area (Å²) in [6, 6.07) is 5.78. The van der Waals surface area contributed by atoms with E-state index in [9.17, 15) is 4.79 Å². The second-order valence-corrected chi connectivity index (χ2v) is 7.49. The van der Waals surface area contributed by atoms with Gasteiger partial charge in [0.2, 0.25) is 5.13 Å². The maximum atomic E-state index is 11.3. The largest absolute Gasteiger partial charge is 0.365 e. The normalized spacial score (nSPS) is 15.4. The van der Waals surface area contributed by atoms with Gasteiger partial charge in [0, 0.05) is 18.6 Å². The Morgan fingerprint density at radius 2 is 2.29 bits per heavy atom. The number of amidine groups is 1. The Balaban J connectivity index is 1.75. The zero-order valence-corrected chi connectivity index (χ0v) is 16.4. The van der Waals surface area contributed by atoms with Gasteiger partial charge in [0.05, 0.1) is 23.5 Å². The van der Waals surface area contributed by atoms with Crippen LogP contribution >= 0.6 is 22.9 Å². The molecule has 10 heteroatoms. The monoisotopic (exact) mass is 413 g/mol. The Morgan fingerprint density at radius 3 is 2.96 bits per heavy atom. The molecule has 0 saturated carbocycles. The summed E-state index contributed by atoms with van der Waals surface area (Å²) in [6.07, 6.45) is 8.59. The lowest BCUT2D eigenvalue weighted by atomic mass is 10.1. The van der Waals surface area contributed by atoms with Crippen molar-refractivity contribution in [1.82, 2.24) is 19.9 Å². The molecular weight excluding hydrogens is 398 g/mol. The number of benzene rings is 1. The van der Waals surface area contributed by atoms with Gasteiger partial charge < -0.3 is 16.0 Å². The van der Waals surface area contributed by atoms with Crippen LogP contribution in [0.3, 0.4) is 0 Å². The van der Waals surface area contributed by atoms with Crippen molar-refractivity contribution in [2.75, 3.05) is 11.4 Å². The van der Waals surface area contributed by atoms with E-state index in [1.807, 2.05) is 47.0 Å². The summed E-state index contributed by atoms with van der Waals surface area (Å²) in [7, 11) is 0. The molecule has 0 radical (unpaired) electrons. The van der Waals surface area contributed by atoms with Gasteiger partial charge in [0.25, 0.3) is 5.91 Å². The highest BCUT2D eigenvalue weighted by molar-refractivity contribution is 7.17. The Labute approximate surface area is 170 Å². The number of halogens is 1. The van der Waals surface area contributed by atoms with Gasteiger partial charge in [-0.1, -0.05) is 35.1 Å². The van der Waals surface area contributed by atoms with Gasteiger partial charge >= 0.3 is 0 Å². The fraction of sp³-hybridized carbons (Fsp3) is 0.111. The molecule has 1 amide bonds. The maximum Gasteiger partial charge on any atom is 0.260 e. The van der Waals surface area contributed by atoms with Crippen LogP contribution < -0.4 is 16.0 Å². The third kappa shape index (κ3) is 3.62. The van der Waals surface area contributed by atoms with Gasteiger partial charge in [0.1, 0.15) is 22.9 Å². The van der Waals surface area contributed by atoms with Gasteiger partial charge in [-0.05, 0) is 18.6 Å². The van der Waals surface area contributed by atoms with Crippen molar-refractivity contribution in [2.45, 2.75) is 6.92 Å². The van der Waals surface area contributed by atoms with Gasteiger partial charge in [-0.3, -0.25) is 9.36 Å². The van der Waals surface area contributed by atoms with Gasteiger partial charge in [-0.15, -0.1) is 0 Å². The van der Waals surface area contributed by atoms with E-state index in [1.165, 1.54) is 6.20 Å². The summed E-state index contributed by atoms with van der Waals surface area (Å²) < 4.78 is 1.84. The lowest BCUT2D eigenvalue weighted by Crippen LogP contribution is -2.41. The summed E-state index contributed by atoms with van der Waals surface area (Å²) in [6.45, 7) is 2.46. The molecule has 3 N–H and O–H groups in total. The van der Waals surface area contributed by atoms with Crippen LogP contribution in [-0.2, 0) is 0 Å². The van der Waals surface area contributed by atoms with Crippen molar-refractivity contribution in [1.29, 1.82) is 0 Å². The lowest BCUT2D eigenvalue weighted by Gasteiger charge is -2.30.